The molecule has 3 atom stereocenters. The van der Waals surface area contributed by atoms with Gasteiger partial charge in [-0.15, -0.1) is 0 Å². The van der Waals surface area contributed by atoms with E-state index >= 15 is 0 Å². The highest BCUT2D eigenvalue weighted by atomic mass is 16.5. The Balaban J connectivity index is 1.51. The standard InChI is InChI=1S/C27H32N2O6/c1-17-14-20-15-19(6-7-22(20)35-17)25(30)23-24(18-4-3-5-21(16-18)33-2)29(27(32)26(23)31)9-8-28-10-12-34-13-11-28/h3-7,15,17,21,24,30H,8-14,16H2,1-2H3/b25-23-. The van der Waals surface area contributed by atoms with E-state index in [2.05, 4.69) is 4.90 Å². The number of hydrogen-bond donors (Lipinski definition) is 1. The zero-order chi connectivity index (χ0) is 24.5. The molecule has 3 heterocycles. The third-order valence-electron chi connectivity index (χ3n) is 7.20. The fourth-order valence-electron chi connectivity index (χ4n) is 5.33. The third kappa shape index (κ3) is 4.66. The van der Waals surface area contributed by atoms with Crippen LogP contribution >= 0.6 is 0 Å². The Morgan fingerprint density at radius 3 is 2.74 bits per heavy atom. The summed E-state index contributed by atoms with van der Waals surface area (Å²) in [5.74, 6) is -0.579. The molecule has 2 fully saturated rings. The number of aliphatic hydroxyl groups is 1. The second-order valence-electron chi connectivity index (χ2n) is 9.51. The number of hydrogen-bond acceptors (Lipinski definition) is 7. The second-order valence-corrected chi connectivity index (χ2v) is 9.51. The van der Waals surface area contributed by atoms with Crippen molar-refractivity contribution in [1.82, 2.24) is 9.80 Å². The van der Waals surface area contributed by atoms with Crippen LogP contribution in [0.1, 0.15) is 24.5 Å². The number of amides is 1. The number of likely N-dealkylation sites (tertiary alicyclic amines) is 1. The number of benzene rings is 1. The first-order valence-corrected chi connectivity index (χ1v) is 12.2. The Morgan fingerprint density at radius 1 is 1.17 bits per heavy atom. The lowest BCUT2D eigenvalue weighted by molar-refractivity contribution is -0.139. The number of rotatable bonds is 6. The van der Waals surface area contributed by atoms with Crippen LogP contribution in [0.4, 0.5) is 0 Å². The van der Waals surface area contributed by atoms with Gasteiger partial charge in [0.1, 0.15) is 17.6 Å². The number of fused-ring (bicyclic) bond motifs is 1. The molecule has 4 aliphatic rings. The molecular weight excluding hydrogens is 448 g/mol. The summed E-state index contributed by atoms with van der Waals surface area (Å²) in [4.78, 5) is 30.4. The minimum atomic E-state index is -0.649. The predicted octanol–water partition coefficient (Wildman–Crippen LogP) is 2.29. The Labute approximate surface area is 205 Å². The van der Waals surface area contributed by atoms with Crippen molar-refractivity contribution in [2.24, 2.45) is 0 Å². The maximum Gasteiger partial charge on any atom is 0.295 e. The van der Waals surface area contributed by atoms with Crippen LogP contribution in [-0.2, 0) is 25.5 Å². The van der Waals surface area contributed by atoms with Crippen LogP contribution in [0.3, 0.4) is 0 Å². The lowest BCUT2D eigenvalue weighted by Gasteiger charge is -2.32. The van der Waals surface area contributed by atoms with Gasteiger partial charge in [0.05, 0.1) is 30.9 Å². The van der Waals surface area contributed by atoms with Crippen LogP contribution in [0.2, 0.25) is 0 Å². The van der Waals surface area contributed by atoms with Gasteiger partial charge in [-0.2, -0.15) is 0 Å². The lowest BCUT2D eigenvalue weighted by atomic mass is 9.89. The van der Waals surface area contributed by atoms with Gasteiger partial charge in [0.15, 0.2) is 0 Å². The van der Waals surface area contributed by atoms with Crippen molar-refractivity contribution in [3.8, 4) is 5.75 Å². The Kier molecular flexibility index (Phi) is 6.77. The first-order valence-electron chi connectivity index (χ1n) is 12.2. The summed E-state index contributed by atoms with van der Waals surface area (Å²) in [7, 11) is 1.64. The number of ketones is 1. The summed E-state index contributed by atoms with van der Waals surface area (Å²) in [5, 5.41) is 11.4. The van der Waals surface area contributed by atoms with Gasteiger partial charge in [-0.05, 0) is 36.3 Å². The van der Waals surface area contributed by atoms with Gasteiger partial charge >= 0.3 is 0 Å². The number of aliphatic hydroxyl groups excluding tert-OH is 1. The number of allylic oxidation sites excluding steroid dienone is 2. The molecule has 1 N–H and O–H groups in total. The van der Waals surface area contributed by atoms with E-state index in [-0.39, 0.29) is 23.5 Å². The van der Waals surface area contributed by atoms with Crippen molar-refractivity contribution in [3.05, 3.63) is 58.7 Å². The molecule has 1 amide bonds. The maximum atomic E-state index is 13.3. The zero-order valence-electron chi connectivity index (χ0n) is 20.2. The summed E-state index contributed by atoms with van der Waals surface area (Å²) in [5.41, 5.74) is 2.52. The molecular formula is C27H32N2O6. The number of methoxy groups -OCH3 is 1. The molecule has 0 saturated carbocycles. The van der Waals surface area contributed by atoms with E-state index in [1.54, 1.807) is 18.1 Å². The van der Waals surface area contributed by atoms with E-state index in [0.29, 0.717) is 38.3 Å². The highest BCUT2D eigenvalue weighted by molar-refractivity contribution is 6.47. The number of carbonyl (C=O) groups is 2. The van der Waals surface area contributed by atoms with Crippen LogP contribution in [-0.4, -0.2) is 91.3 Å². The molecule has 8 nitrogen and oxygen atoms in total. The van der Waals surface area contributed by atoms with E-state index < -0.39 is 17.7 Å². The molecule has 1 aromatic rings. The molecule has 3 unspecified atom stereocenters. The van der Waals surface area contributed by atoms with E-state index in [1.165, 1.54) is 0 Å². The highest BCUT2D eigenvalue weighted by Gasteiger charge is 2.47. The summed E-state index contributed by atoms with van der Waals surface area (Å²) >= 11 is 0. The number of nitrogens with zero attached hydrogens (tertiary/aromatic N) is 2. The first kappa shape index (κ1) is 23.8. The number of ether oxygens (including phenoxy) is 3. The maximum absolute atomic E-state index is 13.3. The summed E-state index contributed by atoms with van der Waals surface area (Å²) in [6.07, 6.45) is 6.97. The van der Waals surface area contributed by atoms with Crippen molar-refractivity contribution >= 4 is 17.4 Å². The minimum Gasteiger partial charge on any atom is -0.507 e. The lowest BCUT2D eigenvalue weighted by Crippen LogP contribution is -2.45. The van der Waals surface area contributed by atoms with E-state index in [9.17, 15) is 14.7 Å². The van der Waals surface area contributed by atoms with Crippen molar-refractivity contribution in [2.75, 3.05) is 46.5 Å². The van der Waals surface area contributed by atoms with Crippen LogP contribution in [0.5, 0.6) is 5.75 Å². The predicted molar refractivity (Wildman–Crippen MR) is 130 cm³/mol. The monoisotopic (exact) mass is 480 g/mol. The minimum absolute atomic E-state index is 0.0679. The Morgan fingerprint density at radius 2 is 1.97 bits per heavy atom. The molecule has 0 spiro atoms. The van der Waals surface area contributed by atoms with Gasteiger partial charge in [-0.1, -0.05) is 18.2 Å². The molecule has 2 saturated heterocycles. The van der Waals surface area contributed by atoms with Gasteiger partial charge in [-0.25, -0.2) is 0 Å². The molecule has 35 heavy (non-hydrogen) atoms. The van der Waals surface area contributed by atoms with Crippen LogP contribution < -0.4 is 4.74 Å². The average Bonchev–Trinajstić information content (AvgIpc) is 3.38. The third-order valence-corrected chi connectivity index (χ3v) is 7.20. The van der Waals surface area contributed by atoms with Gasteiger partial charge in [0.25, 0.3) is 11.7 Å². The Bertz CT molecular complexity index is 1100. The normalized spacial score (nSPS) is 28.2. The highest BCUT2D eigenvalue weighted by Crippen LogP contribution is 2.37. The molecule has 5 rings (SSSR count). The number of morpholine rings is 1. The van der Waals surface area contributed by atoms with Crippen molar-refractivity contribution < 1.29 is 28.9 Å². The summed E-state index contributed by atoms with van der Waals surface area (Å²) in [6.45, 7) is 5.93. The first-order chi connectivity index (χ1) is 17.0. The molecule has 186 valence electrons. The van der Waals surface area contributed by atoms with Crippen molar-refractivity contribution in [1.29, 1.82) is 0 Å². The molecule has 1 aromatic carbocycles. The second kappa shape index (κ2) is 9.97. The summed E-state index contributed by atoms with van der Waals surface area (Å²) in [6, 6.07) is 4.79. The van der Waals surface area contributed by atoms with Crippen molar-refractivity contribution in [3.63, 3.8) is 0 Å². The van der Waals surface area contributed by atoms with Gasteiger partial charge < -0.3 is 24.2 Å². The molecule has 0 radical (unpaired) electrons. The fourth-order valence-corrected chi connectivity index (χ4v) is 5.33. The topological polar surface area (TPSA) is 88.5 Å². The fraction of sp³-hybridized carbons (Fsp3) is 0.481. The largest absolute Gasteiger partial charge is 0.507 e. The van der Waals surface area contributed by atoms with Crippen molar-refractivity contribution in [2.45, 2.75) is 38.0 Å². The van der Waals surface area contributed by atoms with Gasteiger partial charge in [-0.3, -0.25) is 14.5 Å². The molecule has 0 bridgehead atoms. The van der Waals surface area contributed by atoms with E-state index in [1.807, 2.05) is 37.3 Å². The van der Waals surface area contributed by atoms with E-state index in [4.69, 9.17) is 14.2 Å². The van der Waals surface area contributed by atoms with Gasteiger partial charge in [0, 0.05) is 51.7 Å². The molecule has 3 aliphatic heterocycles. The Hall–Kier alpha value is -2.94. The van der Waals surface area contributed by atoms with E-state index in [0.717, 1.165) is 36.4 Å². The van der Waals surface area contributed by atoms with Gasteiger partial charge in [0.2, 0.25) is 0 Å². The average molecular weight is 481 g/mol. The van der Waals surface area contributed by atoms with Crippen LogP contribution in [0.25, 0.3) is 5.76 Å². The quantitative estimate of drug-likeness (QED) is 0.380. The number of carbonyl (C=O) groups excluding carboxylic acids is 2. The van der Waals surface area contributed by atoms with Crippen LogP contribution in [0, 0.1) is 0 Å². The van der Waals surface area contributed by atoms with Crippen LogP contribution in [0.15, 0.2) is 47.6 Å². The summed E-state index contributed by atoms with van der Waals surface area (Å²) < 4.78 is 16.7. The smallest absolute Gasteiger partial charge is 0.295 e. The zero-order valence-corrected chi connectivity index (χ0v) is 20.2. The SMILES string of the molecule is COC1C=CC=C(C2/C(=C(/O)c3ccc4c(c3)CC(C)O4)C(=O)C(=O)N2CCN2CCOCC2)C1. The number of Topliss-reactive ketones (excluding diaryl/α,β-unsaturated/α-hetero) is 1. The molecule has 0 aromatic heterocycles. The molecule has 8 heteroatoms. The molecule has 1 aliphatic carbocycles.